The maximum absolute atomic E-state index is 12.9. The topological polar surface area (TPSA) is 62.3 Å². The van der Waals surface area contributed by atoms with E-state index >= 15 is 0 Å². The molecule has 2 aromatic carbocycles. The average Bonchev–Trinajstić information content (AvgIpc) is 3.13. The lowest BCUT2D eigenvalue weighted by Crippen LogP contribution is -2.42. The summed E-state index contributed by atoms with van der Waals surface area (Å²) in [5.41, 5.74) is 1.86. The van der Waals surface area contributed by atoms with Gasteiger partial charge in [0.05, 0.1) is 16.1 Å². The van der Waals surface area contributed by atoms with E-state index in [-0.39, 0.29) is 29.7 Å². The maximum atomic E-state index is 12.9. The highest BCUT2D eigenvalue weighted by Crippen LogP contribution is 2.40. The molecule has 0 radical (unpaired) electrons. The Morgan fingerprint density at radius 2 is 1.97 bits per heavy atom. The predicted molar refractivity (Wildman–Crippen MR) is 115 cm³/mol. The first-order valence-electron chi connectivity index (χ1n) is 9.74. The first-order chi connectivity index (χ1) is 14.0. The standard InChI is InChI=1S/C22H20ClN3O2S/c23-16-7-5-14(6-8-16)12-22(9-10-22)25-20(28)15-11-19(27)26(13-15)21-24-17-3-1-2-4-18(17)29-21/h1-8,15H,9-13H2,(H,25,28). The van der Waals surface area contributed by atoms with Crippen molar-refractivity contribution < 1.29 is 9.59 Å². The zero-order valence-electron chi connectivity index (χ0n) is 15.7. The SMILES string of the molecule is O=C(NC1(Cc2ccc(Cl)cc2)CC1)C1CC(=O)N(c2nc3ccccc3s2)C1. The number of nitrogens with one attached hydrogen (secondary N) is 1. The fourth-order valence-corrected chi connectivity index (χ4v) is 5.01. The van der Waals surface area contributed by atoms with Crippen LogP contribution >= 0.6 is 22.9 Å². The molecular formula is C22H20ClN3O2S. The zero-order valence-corrected chi connectivity index (χ0v) is 17.3. The molecule has 1 saturated heterocycles. The number of para-hydroxylation sites is 1. The van der Waals surface area contributed by atoms with Crippen molar-refractivity contribution in [1.82, 2.24) is 10.3 Å². The van der Waals surface area contributed by atoms with Crippen LogP contribution in [0.4, 0.5) is 5.13 Å². The number of thiazole rings is 1. The minimum absolute atomic E-state index is 0.0339. The predicted octanol–water partition coefficient (Wildman–Crippen LogP) is 4.19. The molecule has 2 amide bonds. The number of carbonyl (C=O) groups is 2. The number of aromatic nitrogens is 1. The third-order valence-corrected chi connectivity index (χ3v) is 7.02. The highest BCUT2D eigenvalue weighted by molar-refractivity contribution is 7.22. The van der Waals surface area contributed by atoms with Gasteiger partial charge in [-0.1, -0.05) is 47.2 Å². The number of halogens is 1. The summed E-state index contributed by atoms with van der Waals surface area (Å²) in [5.74, 6) is -0.405. The number of amides is 2. The molecule has 1 N–H and O–H groups in total. The molecule has 1 aliphatic heterocycles. The normalized spacial score (nSPS) is 20.2. The van der Waals surface area contributed by atoms with Crippen molar-refractivity contribution in [1.29, 1.82) is 0 Å². The van der Waals surface area contributed by atoms with Crippen LogP contribution in [0, 0.1) is 5.92 Å². The molecule has 2 heterocycles. The quantitative estimate of drug-likeness (QED) is 0.666. The number of hydrogen-bond acceptors (Lipinski definition) is 4. The van der Waals surface area contributed by atoms with Gasteiger partial charge in [-0.05, 0) is 49.1 Å². The summed E-state index contributed by atoms with van der Waals surface area (Å²) < 4.78 is 1.04. The summed E-state index contributed by atoms with van der Waals surface area (Å²) in [6, 6.07) is 15.6. The highest BCUT2D eigenvalue weighted by atomic mass is 35.5. The van der Waals surface area contributed by atoms with E-state index in [1.807, 2.05) is 48.5 Å². The van der Waals surface area contributed by atoms with E-state index in [4.69, 9.17) is 11.6 Å². The van der Waals surface area contributed by atoms with Crippen molar-refractivity contribution in [2.45, 2.75) is 31.2 Å². The van der Waals surface area contributed by atoms with Crippen LogP contribution < -0.4 is 10.2 Å². The van der Waals surface area contributed by atoms with Crippen LogP contribution in [-0.2, 0) is 16.0 Å². The third kappa shape index (κ3) is 3.74. The summed E-state index contributed by atoms with van der Waals surface area (Å²) in [6.45, 7) is 0.390. The van der Waals surface area contributed by atoms with E-state index in [0.717, 1.165) is 35.0 Å². The number of fused-ring (bicyclic) bond motifs is 1. The number of hydrogen-bond donors (Lipinski definition) is 1. The summed E-state index contributed by atoms with van der Waals surface area (Å²) in [6.07, 6.45) is 2.95. The van der Waals surface area contributed by atoms with Crippen LogP contribution in [0.15, 0.2) is 48.5 Å². The van der Waals surface area contributed by atoms with Crippen LogP contribution in [0.3, 0.4) is 0 Å². The average molecular weight is 426 g/mol. The van der Waals surface area contributed by atoms with Gasteiger partial charge in [-0.25, -0.2) is 4.98 Å². The lowest BCUT2D eigenvalue weighted by molar-refractivity contribution is -0.127. The zero-order chi connectivity index (χ0) is 20.0. The fraction of sp³-hybridized carbons (Fsp3) is 0.318. The van der Waals surface area contributed by atoms with Crippen molar-refractivity contribution in [2.24, 2.45) is 5.92 Å². The van der Waals surface area contributed by atoms with Gasteiger partial charge in [0.2, 0.25) is 11.8 Å². The monoisotopic (exact) mass is 425 g/mol. The number of rotatable bonds is 5. The third-order valence-electron chi connectivity index (χ3n) is 5.71. The van der Waals surface area contributed by atoms with E-state index in [9.17, 15) is 9.59 Å². The lowest BCUT2D eigenvalue weighted by Gasteiger charge is -2.20. The van der Waals surface area contributed by atoms with Gasteiger partial charge in [-0.3, -0.25) is 14.5 Å². The largest absolute Gasteiger partial charge is 0.350 e. The second-order valence-electron chi connectivity index (χ2n) is 7.94. The summed E-state index contributed by atoms with van der Waals surface area (Å²) in [4.78, 5) is 31.7. The summed E-state index contributed by atoms with van der Waals surface area (Å²) in [5, 5.41) is 4.61. The van der Waals surface area contributed by atoms with E-state index in [2.05, 4.69) is 10.3 Å². The molecule has 29 heavy (non-hydrogen) atoms. The molecule has 0 bridgehead atoms. The molecule has 3 aromatic rings. The first-order valence-corrected chi connectivity index (χ1v) is 10.9. The van der Waals surface area contributed by atoms with Crippen molar-refractivity contribution in [3.63, 3.8) is 0 Å². The molecule has 1 aliphatic carbocycles. The van der Waals surface area contributed by atoms with Gasteiger partial charge in [0.15, 0.2) is 5.13 Å². The van der Waals surface area contributed by atoms with Gasteiger partial charge in [0.1, 0.15) is 0 Å². The van der Waals surface area contributed by atoms with Crippen LogP contribution in [0.5, 0.6) is 0 Å². The van der Waals surface area contributed by atoms with Crippen LogP contribution in [-0.4, -0.2) is 28.9 Å². The molecule has 1 unspecified atom stereocenters. The minimum atomic E-state index is -0.336. The van der Waals surface area contributed by atoms with Crippen molar-refractivity contribution in [3.8, 4) is 0 Å². The number of anilines is 1. The Kier molecular flexibility index (Phi) is 4.56. The molecule has 5 rings (SSSR count). The second-order valence-corrected chi connectivity index (χ2v) is 9.39. The Morgan fingerprint density at radius 3 is 2.69 bits per heavy atom. The van der Waals surface area contributed by atoms with Gasteiger partial charge in [0.25, 0.3) is 0 Å². The van der Waals surface area contributed by atoms with Gasteiger partial charge in [-0.2, -0.15) is 0 Å². The molecular weight excluding hydrogens is 406 g/mol. The smallest absolute Gasteiger partial charge is 0.229 e. The molecule has 2 aliphatic rings. The van der Waals surface area contributed by atoms with Crippen molar-refractivity contribution >= 4 is 50.1 Å². The number of benzene rings is 2. The van der Waals surface area contributed by atoms with Gasteiger partial charge >= 0.3 is 0 Å². The minimum Gasteiger partial charge on any atom is -0.350 e. The first kappa shape index (κ1) is 18.6. The Morgan fingerprint density at radius 1 is 1.21 bits per heavy atom. The van der Waals surface area contributed by atoms with E-state index in [1.54, 1.807) is 4.90 Å². The molecule has 1 saturated carbocycles. The van der Waals surface area contributed by atoms with Gasteiger partial charge in [-0.15, -0.1) is 0 Å². The molecule has 7 heteroatoms. The highest BCUT2D eigenvalue weighted by Gasteiger charge is 2.46. The Hall–Kier alpha value is -2.44. The van der Waals surface area contributed by atoms with Gasteiger partial charge < -0.3 is 5.32 Å². The number of carbonyl (C=O) groups excluding carboxylic acids is 2. The molecule has 5 nitrogen and oxygen atoms in total. The summed E-state index contributed by atoms with van der Waals surface area (Å²) >= 11 is 7.45. The molecule has 148 valence electrons. The van der Waals surface area contributed by atoms with E-state index in [1.165, 1.54) is 11.3 Å². The van der Waals surface area contributed by atoms with Gasteiger partial charge in [0, 0.05) is 23.5 Å². The Labute approximate surface area is 177 Å². The van der Waals surface area contributed by atoms with E-state index < -0.39 is 0 Å². The summed E-state index contributed by atoms with van der Waals surface area (Å²) in [7, 11) is 0. The van der Waals surface area contributed by atoms with Crippen LogP contribution in [0.25, 0.3) is 10.2 Å². The molecule has 2 fully saturated rings. The van der Waals surface area contributed by atoms with E-state index in [0.29, 0.717) is 16.7 Å². The molecule has 1 atom stereocenters. The van der Waals surface area contributed by atoms with Crippen LogP contribution in [0.1, 0.15) is 24.8 Å². The number of nitrogens with zero attached hydrogens (tertiary/aromatic N) is 2. The Bertz CT molecular complexity index is 1060. The lowest BCUT2D eigenvalue weighted by atomic mass is 10.0. The van der Waals surface area contributed by atoms with Crippen LogP contribution in [0.2, 0.25) is 5.02 Å². The fourth-order valence-electron chi connectivity index (χ4n) is 3.90. The van der Waals surface area contributed by atoms with Crippen molar-refractivity contribution in [3.05, 3.63) is 59.1 Å². The maximum Gasteiger partial charge on any atom is 0.229 e. The van der Waals surface area contributed by atoms with Crippen molar-refractivity contribution in [2.75, 3.05) is 11.4 Å². The second kappa shape index (κ2) is 7.11. The molecule has 1 aromatic heterocycles. The molecule has 0 spiro atoms. The Balaban J connectivity index is 1.26.